The van der Waals surface area contributed by atoms with Gasteiger partial charge in [-0.2, -0.15) is 16.8 Å². The van der Waals surface area contributed by atoms with Crippen LogP contribution in [-0.4, -0.2) is 25.9 Å². The molecule has 0 aliphatic heterocycles. The summed E-state index contributed by atoms with van der Waals surface area (Å²) in [7, 11) is -10.4. The normalized spacial score (nSPS) is 11.3. The predicted octanol–water partition coefficient (Wildman–Crippen LogP) is 2.06. The first-order valence-corrected chi connectivity index (χ1v) is 7.23. The summed E-state index contributed by atoms with van der Waals surface area (Å²) in [4.78, 5) is 1.72. The van der Waals surface area contributed by atoms with Gasteiger partial charge in [0.25, 0.3) is 20.2 Å². The van der Waals surface area contributed by atoms with E-state index in [1.54, 1.807) is 0 Å². The lowest BCUT2D eigenvalue weighted by atomic mass is 10.3. The van der Waals surface area contributed by atoms with Crippen LogP contribution in [0, 0.1) is 0 Å². The van der Waals surface area contributed by atoms with E-state index in [2.05, 4.69) is 20.1 Å². The fourth-order valence-corrected chi connectivity index (χ4v) is 3.35. The van der Waals surface area contributed by atoms with Crippen molar-refractivity contribution in [2.24, 2.45) is 10.2 Å². The molecule has 0 radical (unpaired) electrons. The second-order valence-corrected chi connectivity index (χ2v) is 5.81. The van der Waals surface area contributed by atoms with E-state index >= 15 is 0 Å². The Bertz CT molecular complexity index is 788. The number of hydrogen-bond donors (Lipinski definition) is 2. The van der Waals surface area contributed by atoms with Crippen molar-refractivity contribution in [3.8, 4) is 0 Å². The Hall–Kier alpha value is -2.34. The maximum atomic E-state index is 11.2. The van der Waals surface area contributed by atoms with Crippen molar-refractivity contribution in [2.75, 3.05) is 0 Å². The summed E-state index contributed by atoms with van der Waals surface area (Å²) in [5.41, 5.74) is 14.9. The van der Waals surface area contributed by atoms with Gasteiger partial charge in [0.05, 0.1) is 11.4 Å². The summed E-state index contributed by atoms with van der Waals surface area (Å²) in [5.74, 6) is 0. The summed E-state index contributed by atoms with van der Waals surface area (Å²) in [6.45, 7) is 0. The first-order chi connectivity index (χ1) is 9.12. The Morgan fingerprint density at radius 2 is 1.15 bits per heavy atom. The molecule has 0 aliphatic carbocycles. The Balaban J connectivity index is 4.15. The van der Waals surface area contributed by atoms with Crippen LogP contribution < -0.4 is 0 Å². The second-order valence-electron chi connectivity index (χ2n) is 3.09. The van der Waals surface area contributed by atoms with Gasteiger partial charge in [0, 0.05) is 9.82 Å². The Morgan fingerprint density at radius 3 is 1.35 bits per heavy atom. The number of nitrogens with zero attached hydrogens (tertiary/aromatic N) is 6. The molecule has 0 aliphatic rings. The van der Waals surface area contributed by atoms with Crippen LogP contribution in [0.3, 0.4) is 0 Å². The Morgan fingerprint density at radius 1 is 0.850 bits per heavy atom. The number of benzene rings is 1. The lowest BCUT2D eigenvalue weighted by molar-refractivity contribution is 0.467. The average molecular weight is 320 g/mol. The zero-order valence-corrected chi connectivity index (χ0v) is 10.8. The first kappa shape index (κ1) is 15.7. The van der Waals surface area contributed by atoms with Crippen molar-refractivity contribution in [3.63, 3.8) is 0 Å². The van der Waals surface area contributed by atoms with Gasteiger partial charge >= 0.3 is 0 Å². The van der Waals surface area contributed by atoms with Gasteiger partial charge in [0.2, 0.25) is 0 Å². The van der Waals surface area contributed by atoms with Gasteiger partial charge in [-0.05, 0) is 11.1 Å². The lowest BCUT2D eigenvalue weighted by Gasteiger charge is -2.09. The standard InChI is InChI=1S/C6H4N6O6S2/c7-11-9-3-1-2-4(10-12-8)6(20(16,17)18)5(3)19(13,14)15/h1-2H,(H,13,14,15)(H,16,17,18). The van der Waals surface area contributed by atoms with Crippen molar-refractivity contribution in [1.82, 2.24) is 0 Å². The molecule has 20 heavy (non-hydrogen) atoms. The van der Waals surface area contributed by atoms with Crippen LogP contribution in [-0.2, 0) is 20.2 Å². The molecule has 2 N–H and O–H groups in total. The Labute approximate surface area is 111 Å². The van der Waals surface area contributed by atoms with Gasteiger partial charge in [-0.1, -0.05) is 22.4 Å². The second kappa shape index (κ2) is 5.34. The molecule has 0 heterocycles. The maximum Gasteiger partial charge on any atom is 0.296 e. The van der Waals surface area contributed by atoms with E-state index in [1.807, 2.05) is 0 Å². The van der Waals surface area contributed by atoms with Crippen LogP contribution in [0.5, 0.6) is 0 Å². The number of hydrogen-bond acceptors (Lipinski definition) is 6. The number of azide groups is 2. The van der Waals surface area contributed by atoms with E-state index in [0.717, 1.165) is 12.1 Å². The third kappa shape index (κ3) is 3.16. The SMILES string of the molecule is [N-]=[N+]=Nc1ccc(N=[N+]=[N-])c(S(=O)(=O)O)c1S(=O)(=O)O. The van der Waals surface area contributed by atoms with Crippen molar-refractivity contribution in [1.29, 1.82) is 0 Å². The largest absolute Gasteiger partial charge is 0.296 e. The lowest BCUT2D eigenvalue weighted by Crippen LogP contribution is -2.09. The predicted molar refractivity (Wildman–Crippen MR) is 63.7 cm³/mol. The summed E-state index contributed by atoms with van der Waals surface area (Å²) >= 11 is 0. The van der Waals surface area contributed by atoms with Gasteiger partial charge in [0.1, 0.15) is 9.79 Å². The maximum absolute atomic E-state index is 11.2. The molecule has 0 fully saturated rings. The van der Waals surface area contributed by atoms with Crippen molar-refractivity contribution in [3.05, 3.63) is 33.0 Å². The third-order valence-electron chi connectivity index (χ3n) is 1.89. The molecule has 0 saturated heterocycles. The summed E-state index contributed by atoms with van der Waals surface area (Å²) in [5, 5.41) is 5.76. The molecule has 0 saturated carbocycles. The molecular formula is C6H4N6O6S2. The average Bonchev–Trinajstić information content (AvgIpc) is 2.28. The molecule has 1 aromatic rings. The highest BCUT2D eigenvalue weighted by Gasteiger charge is 2.29. The molecule has 0 bridgehead atoms. The fraction of sp³-hybridized carbons (Fsp3) is 0. The summed E-state index contributed by atoms with van der Waals surface area (Å²) in [6.07, 6.45) is 0. The fourth-order valence-electron chi connectivity index (χ4n) is 1.29. The van der Waals surface area contributed by atoms with Gasteiger partial charge in [-0.25, -0.2) is 0 Å². The van der Waals surface area contributed by atoms with E-state index in [4.69, 9.17) is 20.2 Å². The molecule has 1 rings (SSSR count). The van der Waals surface area contributed by atoms with Crippen LogP contribution >= 0.6 is 0 Å². The third-order valence-corrected chi connectivity index (χ3v) is 3.88. The topological polar surface area (TPSA) is 206 Å². The molecule has 0 amide bonds. The highest BCUT2D eigenvalue weighted by molar-refractivity contribution is 7.89. The summed E-state index contributed by atoms with van der Waals surface area (Å²) < 4.78 is 62.9. The molecule has 1 aromatic carbocycles. The van der Waals surface area contributed by atoms with Gasteiger partial charge < -0.3 is 0 Å². The van der Waals surface area contributed by atoms with Crippen LogP contribution in [0.15, 0.2) is 32.2 Å². The van der Waals surface area contributed by atoms with E-state index in [0.29, 0.717) is 0 Å². The molecule has 0 unspecified atom stereocenters. The zero-order valence-electron chi connectivity index (χ0n) is 9.18. The first-order valence-electron chi connectivity index (χ1n) is 4.35. The minimum Gasteiger partial charge on any atom is -0.282 e. The monoisotopic (exact) mass is 320 g/mol. The smallest absolute Gasteiger partial charge is 0.282 e. The zero-order chi connectivity index (χ0) is 15.6. The van der Waals surface area contributed by atoms with E-state index in [-0.39, 0.29) is 0 Å². The van der Waals surface area contributed by atoms with Crippen LogP contribution in [0.4, 0.5) is 11.4 Å². The molecular weight excluding hydrogens is 316 g/mol. The van der Waals surface area contributed by atoms with Gasteiger partial charge in [0.15, 0.2) is 0 Å². The highest BCUT2D eigenvalue weighted by atomic mass is 32.2. The van der Waals surface area contributed by atoms with Crippen LogP contribution in [0.25, 0.3) is 20.9 Å². The van der Waals surface area contributed by atoms with Crippen molar-refractivity contribution in [2.45, 2.75) is 9.79 Å². The van der Waals surface area contributed by atoms with E-state index in [1.165, 1.54) is 0 Å². The number of rotatable bonds is 4. The van der Waals surface area contributed by atoms with Gasteiger partial charge in [-0.15, -0.1) is 0 Å². The molecule has 0 spiro atoms. The highest BCUT2D eigenvalue weighted by Crippen LogP contribution is 2.37. The van der Waals surface area contributed by atoms with Gasteiger partial charge in [-0.3, -0.25) is 9.11 Å². The molecule has 0 atom stereocenters. The molecule has 0 aromatic heterocycles. The van der Waals surface area contributed by atoms with Crippen molar-refractivity contribution < 1.29 is 25.9 Å². The summed E-state index contributed by atoms with van der Waals surface area (Å²) in [6, 6.07) is 1.59. The van der Waals surface area contributed by atoms with Crippen LogP contribution in [0.1, 0.15) is 0 Å². The molecule has 14 heteroatoms. The minimum atomic E-state index is -5.20. The van der Waals surface area contributed by atoms with Crippen molar-refractivity contribution >= 4 is 31.6 Å². The quantitative estimate of drug-likeness (QED) is 0.367. The molecule has 106 valence electrons. The van der Waals surface area contributed by atoms with E-state index < -0.39 is 41.4 Å². The Kier molecular flexibility index (Phi) is 4.20. The minimum absolute atomic E-state index is 0.792. The van der Waals surface area contributed by atoms with E-state index in [9.17, 15) is 16.8 Å². The molecule has 12 nitrogen and oxygen atoms in total. The van der Waals surface area contributed by atoms with Crippen LogP contribution in [0.2, 0.25) is 0 Å².